The van der Waals surface area contributed by atoms with E-state index in [4.69, 9.17) is 11.6 Å². The minimum atomic E-state index is -0.342. The summed E-state index contributed by atoms with van der Waals surface area (Å²) in [6, 6.07) is 9.12. The van der Waals surface area contributed by atoms with Gasteiger partial charge in [-0.3, -0.25) is 4.79 Å². The van der Waals surface area contributed by atoms with Gasteiger partial charge in [0, 0.05) is 11.0 Å². The molecule has 0 saturated carbocycles. The topological polar surface area (TPSA) is 54.0 Å². The van der Waals surface area contributed by atoms with Crippen molar-refractivity contribution < 1.29 is 4.79 Å². The van der Waals surface area contributed by atoms with Crippen molar-refractivity contribution in [2.24, 2.45) is 0 Å². The molecule has 2 aromatic rings. The highest BCUT2D eigenvalue weighted by molar-refractivity contribution is 9.10. The third-order valence-corrected chi connectivity index (χ3v) is 3.79. The van der Waals surface area contributed by atoms with Crippen LogP contribution in [-0.2, 0) is 0 Å². The molecule has 0 unspecified atom stereocenters. The van der Waals surface area contributed by atoms with E-state index in [0.29, 0.717) is 16.5 Å². The van der Waals surface area contributed by atoms with Gasteiger partial charge in [-0.1, -0.05) is 17.7 Å². The van der Waals surface area contributed by atoms with E-state index in [2.05, 4.69) is 31.5 Å². The summed E-state index contributed by atoms with van der Waals surface area (Å²) in [6.07, 6.45) is 0. The van der Waals surface area contributed by atoms with Crippen molar-refractivity contribution in [2.75, 3.05) is 17.2 Å². The first kappa shape index (κ1) is 15.8. The molecule has 0 aliphatic rings. The third kappa shape index (κ3) is 3.95. The molecular weight excluding hydrogens is 354 g/mol. The Kier molecular flexibility index (Phi) is 5.20. The van der Waals surface area contributed by atoms with E-state index in [0.717, 1.165) is 16.6 Å². The zero-order chi connectivity index (χ0) is 15.4. The second-order valence-electron chi connectivity index (χ2n) is 4.49. The van der Waals surface area contributed by atoms with Gasteiger partial charge in [0.05, 0.1) is 10.7 Å². The number of hydrogen-bond acceptors (Lipinski definition) is 3. The lowest BCUT2D eigenvalue weighted by Gasteiger charge is -2.10. The first-order valence-electron chi connectivity index (χ1n) is 6.49. The van der Waals surface area contributed by atoms with Gasteiger partial charge in [-0.2, -0.15) is 0 Å². The predicted octanol–water partition coefficient (Wildman–Crippen LogP) is 4.49. The fraction of sp³-hybridized carbons (Fsp3) is 0.200. The predicted molar refractivity (Wildman–Crippen MR) is 90.2 cm³/mol. The van der Waals surface area contributed by atoms with Gasteiger partial charge < -0.3 is 10.6 Å². The van der Waals surface area contributed by atoms with E-state index < -0.39 is 0 Å². The minimum absolute atomic E-state index is 0.198. The lowest BCUT2D eigenvalue weighted by atomic mass is 10.2. The number of halogens is 2. The van der Waals surface area contributed by atoms with Crippen molar-refractivity contribution in [1.82, 2.24) is 4.98 Å². The average molecular weight is 369 g/mol. The maximum atomic E-state index is 12.3. The number of anilines is 2. The molecule has 1 aromatic carbocycles. The number of carbonyl (C=O) groups excluding carboxylic acids is 1. The maximum Gasteiger partial charge on any atom is 0.275 e. The van der Waals surface area contributed by atoms with Crippen LogP contribution in [-0.4, -0.2) is 17.4 Å². The molecule has 0 aliphatic carbocycles. The smallest absolute Gasteiger partial charge is 0.275 e. The van der Waals surface area contributed by atoms with Gasteiger partial charge in [-0.25, -0.2) is 4.98 Å². The van der Waals surface area contributed by atoms with Crippen molar-refractivity contribution in [3.05, 3.63) is 51.1 Å². The largest absolute Gasteiger partial charge is 0.370 e. The summed E-state index contributed by atoms with van der Waals surface area (Å²) in [4.78, 5) is 16.6. The number of hydrogen-bond donors (Lipinski definition) is 2. The van der Waals surface area contributed by atoms with Crippen LogP contribution in [0.5, 0.6) is 0 Å². The van der Waals surface area contributed by atoms with E-state index in [1.165, 1.54) is 0 Å². The van der Waals surface area contributed by atoms with Gasteiger partial charge in [-0.15, -0.1) is 0 Å². The maximum absolute atomic E-state index is 12.3. The number of nitrogens with one attached hydrogen (secondary N) is 2. The second-order valence-corrected chi connectivity index (χ2v) is 5.76. The van der Waals surface area contributed by atoms with Crippen molar-refractivity contribution in [1.29, 1.82) is 0 Å². The van der Waals surface area contributed by atoms with Crippen LogP contribution in [0.25, 0.3) is 0 Å². The molecule has 2 N–H and O–H groups in total. The highest BCUT2D eigenvalue weighted by Gasteiger charge is 2.14. The molecule has 0 aliphatic heterocycles. The van der Waals surface area contributed by atoms with Crippen molar-refractivity contribution in [2.45, 2.75) is 13.8 Å². The van der Waals surface area contributed by atoms with Crippen LogP contribution in [0.3, 0.4) is 0 Å². The molecule has 0 spiro atoms. The first-order valence-corrected chi connectivity index (χ1v) is 7.66. The van der Waals surface area contributed by atoms with Crippen molar-refractivity contribution in [3.8, 4) is 0 Å². The number of aromatic nitrogens is 1. The number of aryl methyl sites for hydroxylation is 1. The normalized spacial score (nSPS) is 10.3. The van der Waals surface area contributed by atoms with Gasteiger partial charge in [0.25, 0.3) is 5.91 Å². The van der Waals surface area contributed by atoms with E-state index >= 15 is 0 Å². The summed E-state index contributed by atoms with van der Waals surface area (Å²) in [6.45, 7) is 4.64. The number of nitrogens with zero attached hydrogens (tertiary/aromatic N) is 1. The van der Waals surface area contributed by atoms with Crippen LogP contribution < -0.4 is 10.6 Å². The monoisotopic (exact) mass is 367 g/mol. The molecule has 6 heteroatoms. The van der Waals surface area contributed by atoms with Crippen LogP contribution in [0.1, 0.15) is 23.0 Å². The van der Waals surface area contributed by atoms with Gasteiger partial charge in [0.15, 0.2) is 0 Å². The molecule has 110 valence electrons. The molecule has 1 heterocycles. The van der Waals surface area contributed by atoms with E-state index in [9.17, 15) is 4.79 Å². The zero-order valence-electron chi connectivity index (χ0n) is 11.7. The Morgan fingerprint density at radius 1 is 1.33 bits per heavy atom. The summed E-state index contributed by atoms with van der Waals surface area (Å²) in [5.74, 6) is 0.279. The zero-order valence-corrected chi connectivity index (χ0v) is 14.0. The number of benzene rings is 1. The van der Waals surface area contributed by atoms with Gasteiger partial charge in [0.2, 0.25) is 0 Å². The summed E-state index contributed by atoms with van der Waals surface area (Å²) in [5, 5.41) is 6.19. The summed E-state index contributed by atoms with van der Waals surface area (Å²) in [7, 11) is 0. The molecular formula is C15H15BrClN3O. The average Bonchev–Trinajstić information content (AvgIpc) is 2.45. The lowest BCUT2D eigenvalue weighted by Crippen LogP contribution is -2.16. The SMILES string of the molecule is CCNc1ccc(Cl)c(C(=O)Nc2cc(C)ccc2Br)n1. The highest BCUT2D eigenvalue weighted by Crippen LogP contribution is 2.25. The van der Waals surface area contributed by atoms with Crippen LogP contribution >= 0.6 is 27.5 Å². The molecule has 4 nitrogen and oxygen atoms in total. The van der Waals surface area contributed by atoms with Gasteiger partial charge >= 0.3 is 0 Å². The third-order valence-electron chi connectivity index (χ3n) is 2.79. The highest BCUT2D eigenvalue weighted by atomic mass is 79.9. The van der Waals surface area contributed by atoms with Crippen LogP contribution in [0, 0.1) is 6.92 Å². The molecule has 0 atom stereocenters. The quantitative estimate of drug-likeness (QED) is 0.836. The molecule has 1 aromatic heterocycles. The van der Waals surface area contributed by atoms with Crippen molar-refractivity contribution >= 4 is 44.9 Å². The Morgan fingerprint density at radius 2 is 2.10 bits per heavy atom. The summed E-state index contributed by atoms with van der Waals surface area (Å²) < 4.78 is 0.806. The molecule has 0 bridgehead atoms. The fourth-order valence-corrected chi connectivity index (χ4v) is 2.33. The standard InChI is InChI=1S/C15H15BrClN3O/c1-3-18-13-7-6-11(17)14(20-13)15(21)19-12-8-9(2)4-5-10(12)16/h4-8H,3H2,1-2H3,(H,18,20)(H,19,21). The summed E-state index contributed by atoms with van der Waals surface area (Å²) >= 11 is 9.47. The first-order chi connectivity index (χ1) is 10.0. The molecule has 21 heavy (non-hydrogen) atoms. The fourth-order valence-electron chi connectivity index (χ4n) is 1.80. The minimum Gasteiger partial charge on any atom is -0.370 e. The van der Waals surface area contributed by atoms with Crippen molar-refractivity contribution in [3.63, 3.8) is 0 Å². The Morgan fingerprint density at radius 3 is 2.81 bits per heavy atom. The Labute approximate surface area is 137 Å². The van der Waals surface area contributed by atoms with Crippen LogP contribution in [0.15, 0.2) is 34.8 Å². The Bertz CT molecular complexity index is 676. The molecule has 1 amide bonds. The Hall–Kier alpha value is -1.59. The van der Waals surface area contributed by atoms with Crippen LogP contribution in [0.4, 0.5) is 11.5 Å². The van der Waals surface area contributed by atoms with Gasteiger partial charge in [-0.05, 0) is 59.6 Å². The van der Waals surface area contributed by atoms with Crippen LogP contribution in [0.2, 0.25) is 5.02 Å². The molecule has 2 rings (SSSR count). The second kappa shape index (κ2) is 6.91. The number of pyridine rings is 1. The number of rotatable bonds is 4. The van der Waals surface area contributed by atoms with Gasteiger partial charge in [0.1, 0.15) is 11.5 Å². The van der Waals surface area contributed by atoms with E-state index in [1.54, 1.807) is 12.1 Å². The molecule has 0 fully saturated rings. The number of carbonyl (C=O) groups is 1. The summed E-state index contributed by atoms with van der Waals surface area (Å²) in [5.41, 5.74) is 1.93. The molecule has 0 saturated heterocycles. The lowest BCUT2D eigenvalue weighted by molar-refractivity contribution is 0.102. The van der Waals surface area contributed by atoms with E-state index in [-0.39, 0.29) is 11.6 Å². The Balaban J connectivity index is 2.27. The molecule has 0 radical (unpaired) electrons. The number of amides is 1. The van der Waals surface area contributed by atoms with E-state index in [1.807, 2.05) is 32.0 Å².